The van der Waals surface area contributed by atoms with Crippen LogP contribution >= 0.6 is 11.3 Å². The van der Waals surface area contributed by atoms with Crippen molar-refractivity contribution in [2.75, 3.05) is 18.9 Å². The third-order valence-electron chi connectivity index (χ3n) is 4.18. The summed E-state index contributed by atoms with van der Waals surface area (Å²) in [5.74, 6) is -0.470. The predicted molar refractivity (Wildman–Crippen MR) is 111 cm³/mol. The molecule has 0 bridgehead atoms. The minimum Gasteiger partial charge on any atom is -0.333 e. The Morgan fingerprint density at radius 1 is 1.11 bits per heavy atom. The average molecular weight is 379 g/mol. The van der Waals surface area contributed by atoms with Gasteiger partial charge in [0.1, 0.15) is 5.01 Å². The van der Waals surface area contributed by atoms with Crippen molar-refractivity contribution in [3.8, 4) is 0 Å². The normalized spacial score (nSPS) is 11.1. The van der Waals surface area contributed by atoms with Crippen molar-refractivity contribution in [1.29, 1.82) is 0 Å². The summed E-state index contributed by atoms with van der Waals surface area (Å²) in [6.45, 7) is 3.87. The third kappa shape index (κ3) is 4.60. The number of benzene rings is 2. The van der Waals surface area contributed by atoms with Gasteiger partial charge in [-0.2, -0.15) is 0 Å². The van der Waals surface area contributed by atoms with Crippen LogP contribution in [0.5, 0.6) is 0 Å². The lowest BCUT2D eigenvalue weighted by molar-refractivity contribution is -0.129. The summed E-state index contributed by atoms with van der Waals surface area (Å²) in [5.41, 5.74) is 3.70. The fraction of sp³-hybridized carbons (Fsp3) is 0.190. The maximum atomic E-state index is 12.3. The van der Waals surface area contributed by atoms with E-state index in [1.165, 1.54) is 22.3 Å². The number of carbonyl (C=O) groups is 2. The molecule has 138 valence electrons. The van der Waals surface area contributed by atoms with E-state index in [1.54, 1.807) is 13.1 Å². The number of rotatable bonds is 5. The standard InChI is InChI=1S/C21H21N3O2S/c1-14-7-6-8-15(2)21(14)23-18(25)13-24(3)20(26)12-11-19-22-16-9-4-5-10-17(16)27-19/h4-12H,13H2,1-3H3,(H,23,25). The lowest BCUT2D eigenvalue weighted by Gasteiger charge is -2.16. The molecule has 2 amide bonds. The van der Waals surface area contributed by atoms with E-state index in [-0.39, 0.29) is 18.4 Å². The predicted octanol–water partition coefficient (Wildman–Crippen LogP) is 4.02. The summed E-state index contributed by atoms with van der Waals surface area (Å²) in [6.07, 6.45) is 3.14. The van der Waals surface area contributed by atoms with Gasteiger partial charge >= 0.3 is 0 Å². The monoisotopic (exact) mass is 379 g/mol. The minimum absolute atomic E-state index is 0.0171. The molecule has 1 heterocycles. The summed E-state index contributed by atoms with van der Waals surface area (Å²) in [4.78, 5) is 30.4. The highest BCUT2D eigenvalue weighted by molar-refractivity contribution is 7.19. The van der Waals surface area contributed by atoms with Crippen LogP contribution in [0.15, 0.2) is 48.5 Å². The zero-order valence-electron chi connectivity index (χ0n) is 15.5. The molecule has 3 aromatic rings. The second-order valence-electron chi connectivity index (χ2n) is 6.36. The Kier molecular flexibility index (Phi) is 5.66. The number of thiazole rings is 1. The summed E-state index contributed by atoms with van der Waals surface area (Å²) in [6, 6.07) is 13.7. The third-order valence-corrected chi connectivity index (χ3v) is 5.18. The van der Waals surface area contributed by atoms with Gasteiger partial charge in [0.25, 0.3) is 0 Å². The largest absolute Gasteiger partial charge is 0.333 e. The Morgan fingerprint density at radius 2 is 1.81 bits per heavy atom. The van der Waals surface area contributed by atoms with Gasteiger partial charge in [-0.1, -0.05) is 30.3 Å². The SMILES string of the molecule is Cc1cccc(C)c1NC(=O)CN(C)C(=O)C=Cc1nc2ccccc2s1. The van der Waals surface area contributed by atoms with Crippen LogP contribution in [0.1, 0.15) is 16.1 Å². The van der Waals surface area contributed by atoms with Crippen molar-refractivity contribution in [3.63, 3.8) is 0 Å². The van der Waals surface area contributed by atoms with Crippen LogP contribution in [-0.2, 0) is 9.59 Å². The van der Waals surface area contributed by atoms with E-state index in [0.717, 1.165) is 32.0 Å². The number of fused-ring (bicyclic) bond motifs is 1. The Balaban J connectivity index is 1.60. The smallest absolute Gasteiger partial charge is 0.246 e. The highest BCUT2D eigenvalue weighted by atomic mass is 32.1. The molecule has 2 aromatic carbocycles. The van der Waals surface area contributed by atoms with Crippen molar-refractivity contribution in [3.05, 3.63) is 64.7 Å². The van der Waals surface area contributed by atoms with E-state index in [2.05, 4.69) is 10.3 Å². The molecule has 0 fully saturated rings. The van der Waals surface area contributed by atoms with Crippen LogP contribution in [0.2, 0.25) is 0 Å². The summed E-state index contributed by atoms with van der Waals surface area (Å²) in [7, 11) is 1.61. The van der Waals surface area contributed by atoms with Gasteiger partial charge in [0, 0.05) is 18.8 Å². The van der Waals surface area contributed by atoms with Gasteiger partial charge in [-0.05, 0) is 43.2 Å². The Morgan fingerprint density at radius 3 is 2.52 bits per heavy atom. The Labute approximate surface area is 162 Å². The number of aromatic nitrogens is 1. The fourth-order valence-electron chi connectivity index (χ4n) is 2.72. The zero-order valence-corrected chi connectivity index (χ0v) is 16.3. The highest BCUT2D eigenvalue weighted by Gasteiger charge is 2.13. The van der Waals surface area contributed by atoms with Gasteiger partial charge in [0.2, 0.25) is 11.8 Å². The maximum absolute atomic E-state index is 12.3. The van der Waals surface area contributed by atoms with Crippen LogP contribution < -0.4 is 5.32 Å². The van der Waals surface area contributed by atoms with E-state index in [0.29, 0.717) is 0 Å². The number of amides is 2. The molecule has 0 atom stereocenters. The topological polar surface area (TPSA) is 62.3 Å². The van der Waals surface area contributed by atoms with E-state index < -0.39 is 0 Å². The van der Waals surface area contributed by atoms with Crippen LogP contribution in [0, 0.1) is 13.8 Å². The first-order chi connectivity index (χ1) is 12.9. The lowest BCUT2D eigenvalue weighted by Crippen LogP contribution is -2.34. The van der Waals surface area contributed by atoms with Crippen LogP contribution in [0.25, 0.3) is 16.3 Å². The van der Waals surface area contributed by atoms with Gasteiger partial charge in [-0.15, -0.1) is 11.3 Å². The first-order valence-electron chi connectivity index (χ1n) is 8.59. The van der Waals surface area contributed by atoms with Crippen LogP contribution in [-0.4, -0.2) is 35.3 Å². The molecule has 0 radical (unpaired) electrons. The Bertz CT molecular complexity index is 970. The second kappa shape index (κ2) is 8.14. The number of nitrogens with zero attached hydrogens (tertiary/aromatic N) is 2. The number of nitrogens with one attached hydrogen (secondary N) is 1. The molecule has 27 heavy (non-hydrogen) atoms. The molecule has 0 saturated heterocycles. The number of likely N-dealkylation sites (N-methyl/N-ethyl adjacent to an activating group) is 1. The van der Waals surface area contributed by atoms with Gasteiger partial charge in [-0.25, -0.2) is 4.98 Å². The average Bonchev–Trinajstić information content (AvgIpc) is 3.05. The molecule has 0 aliphatic rings. The molecular weight excluding hydrogens is 358 g/mol. The number of aryl methyl sites for hydroxylation is 2. The molecule has 5 nitrogen and oxygen atoms in total. The molecule has 0 aliphatic carbocycles. The number of para-hydroxylation sites is 2. The van der Waals surface area contributed by atoms with E-state index >= 15 is 0 Å². The van der Waals surface area contributed by atoms with Crippen molar-refractivity contribution in [1.82, 2.24) is 9.88 Å². The molecule has 0 saturated carbocycles. The highest BCUT2D eigenvalue weighted by Crippen LogP contribution is 2.22. The summed E-state index contributed by atoms with van der Waals surface area (Å²) in [5, 5.41) is 3.65. The first-order valence-corrected chi connectivity index (χ1v) is 9.40. The van der Waals surface area contributed by atoms with Gasteiger partial charge in [0.05, 0.1) is 16.8 Å². The molecule has 0 aliphatic heterocycles. The van der Waals surface area contributed by atoms with Gasteiger partial charge in [-0.3, -0.25) is 9.59 Å². The summed E-state index contributed by atoms with van der Waals surface area (Å²) < 4.78 is 1.07. The van der Waals surface area contributed by atoms with Crippen molar-refractivity contribution in [2.24, 2.45) is 0 Å². The number of carbonyl (C=O) groups excluding carboxylic acids is 2. The summed E-state index contributed by atoms with van der Waals surface area (Å²) >= 11 is 1.52. The minimum atomic E-state index is -0.245. The molecule has 0 spiro atoms. The molecule has 1 aromatic heterocycles. The van der Waals surface area contributed by atoms with Crippen molar-refractivity contribution in [2.45, 2.75) is 13.8 Å². The lowest BCUT2D eigenvalue weighted by atomic mass is 10.1. The fourth-order valence-corrected chi connectivity index (χ4v) is 3.59. The molecular formula is C21H21N3O2S. The quantitative estimate of drug-likeness (QED) is 0.681. The second-order valence-corrected chi connectivity index (χ2v) is 7.42. The Hall–Kier alpha value is -2.99. The van der Waals surface area contributed by atoms with Gasteiger partial charge < -0.3 is 10.2 Å². The first kappa shape index (κ1) is 18.8. The van der Waals surface area contributed by atoms with Crippen molar-refractivity contribution < 1.29 is 9.59 Å². The number of anilines is 1. The molecule has 1 N–H and O–H groups in total. The molecule has 0 unspecified atom stereocenters. The van der Waals surface area contributed by atoms with Crippen molar-refractivity contribution >= 4 is 45.1 Å². The van der Waals surface area contributed by atoms with E-state index in [1.807, 2.05) is 56.3 Å². The van der Waals surface area contributed by atoms with E-state index in [4.69, 9.17) is 0 Å². The van der Waals surface area contributed by atoms with Crippen LogP contribution in [0.4, 0.5) is 5.69 Å². The number of hydrogen-bond donors (Lipinski definition) is 1. The maximum Gasteiger partial charge on any atom is 0.246 e. The zero-order chi connectivity index (χ0) is 19.4. The number of hydrogen-bond acceptors (Lipinski definition) is 4. The molecule has 3 rings (SSSR count). The van der Waals surface area contributed by atoms with Crippen LogP contribution in [0.3, 0.4) is 0 Å². The molecule has 6 heteroatoms. The van der Waals surface area contributed by atoms with E-state index in [9.17, 15) is 9.59 Å². The van der Waals surface area contributed by atoms with Gasteiger partial charge in [0.15, 0.2) is 0 Å².